The number of nitrogens with one attached hydrogen (secondary N) is 1. The quantitative estimate of drug-likeness (QED) is 0.249. The van der Waals surface area contributed by atoms with Gasteiger partial charge in [-0.1, -0.05) is 36.4 Å². The summed E-state index contributed by atoms with van der Waals surface area (Å²) in [7, 11) is -1.68. The van der Waals surface area contributed by atoms with Crippen molar-refractivity contribution in [1.82, 2.24) is 5.32 Å². The van der Waals surface area contributed by atoms with Gasteiger partial charge in [-0.2, -0.15) is 0 Å². The summed E-state index contributed by atoms with van der Waals surface area (Å²) in [5.74, 6) is 0.105. The van der Waals surface area contributed by atoms with E-state index in [9.17, 15) is 18.2 Å². The van der Waals surface area contributed by atoms with Crippen molar-refractivity contribution in [3.63, 3.8) is 0 Å². The van der Waals surface area contributed by atoms with Crippen molar-refractivity contribution in [3.05, 3.63) is 113 Å². The van der Waals surface area contributed by atoms with Crippen LogP contribution in [0.2, 0.25) is 0 Å². The Morgan fingerprint density at radius 2 is 1.62 bits per heavy atom. The van der Waals surface area contributed by atoms with E-state index in [0.717, 1.165) is 5.56 Å². The second-order valence-electron chi connectivity index (χ2n) is 9.58. The van der Waals surface area contributed by atoms with E-state index in [2.05, 4.69) is 5.32 Å². The molecule has 1 aliphatic heterocycles. The number of ether oxygens (including phenoxy) is 2. The third-order valence-electron chi connectivity index (χ3n) is 6.87. The maximum Gasteiger partial charge on any atom is 0.259 e. The first kappa shape index (κ1) is 29.0. The minimum atomic E-state index is -1.68. The summed E-state index contributed by atoms with van der Waals surface area (Å²) in [6.07, 6.45) is 0.556. The maximum atomic E-state index is 14.7. The van der Waals surface area contributed by atoms with Crippen LogP contribution in [0.25, 0.3) is 0 Å². The SMILES string of the molecule is CCOc1ccc(CCNC(=O)c2ccc3c(c2)N(Cc2ccccc2F)C(=O)c2ccccc2[S@@]3=O)cc1OCC. The minimum Gasteiger partial charge on any atom is -0.490 e. The van der Waals surface area contributed by atoms with Gasteiger partial charge in [-0.25, -0.2) is 8.60 Å². The molecular weight excluding hydrogens is 555 g/mol. The fraction of sp³-hybridized carbons (Fsp3) is 0.212. The zero-order valence-corrected chi connectivity index (χ0v) is 24.2. The molecule has 1 N–H and O–H groups in total. The molecule has 1 heterocycles. The summed E-state index contributed by atoms with van der Waals surface area (Å²) in [4.78, 5) is 29.1. The van der Waals surface area contributed by atoms with E-state index in [1.165, 1.54) is 11.0 Å². The van der Waals surface area contributed by atoms with E-state index < -0.39 is 22.5 Å². The molecule has 0 unspecified atom stereocenters. The lowest BCUT2D eigenvalue weighted by molar-refractivity contribution is 0.0950. The average molecular weight is 587 g/mol. The van der Waals surface area contributed by atoms with Crippen molar-refractivity contribution in [2.24, 2.45) is 0 Å². The third kappa shape index (κ3) is 6.06. The maximum absolute atomic E-state index is 14.7. The van der Waals surface area contributed by atoms with Crippen molar-refractivity contribution in [3.8, 4) is 11.5 Å². The zero-order chi connectivity index (χ0) is 29.6. The molecule has 5 rings (SSSR count). The van der Waals surface area contributed by atoms with Gasteiger partial charge in [-0.05, 0) is 74.4 Å². The average Bonchev–Trinajstić information content (AvgIpc) is 3.08. The summed E-state index contributed by atoms with van der Waals surface area (Å²) >= 11 is 0. The van der Waals surface area contributed by atoms with E-state index in [-0.39, 0.29) is 18.0 Å². The van der Waals surface area contributed by atoms with Crippen LogP contribution in [0.15, 0.2) is 94.7 Å². The van der Waals surface area contributed by atoms with Crippen LogP contribution < -0.4 is 19.7 Å². The van der Waals surface area contributed by atoms with Crippen LogP contribution in [0.1, 0.15) is 45.7 Å². The van der Waals surface area contributed by atoms with E-state index in [0.29, 0.717) is 64.3 Å². The Hall–Kier alpha value is -4.50. The molecule has 216 valence electrons. The van der Waals surface area contributed by atoms with Crippen LogP contribution >= 0.6 is 0 Å². The Labute approximate surface area is 246 Å². The molecule has 1 aliphatic rings. The van der Waals surface area contributed by atoms with Gasteiger partial charge in [0.1, 0.15) is 5.82 Å². The molecule has 0 bridgehead atoms. The van der Waals surface area contributed by atoms with Crippen molar-refractivity contribution < 1.29 is 27.7 Å². The summed E-state index contributed by atoms with van der Waals surface area (Å²) in [5, 5.41) is 2.92. The van der Waals surface area contributed by atoms with Crippen LogP contribution in [0, 0.1) is 5.82 Å². The number of nitrogens with zero attached hydrogens (tertiary/aromatic N) is 1. The highest BCUT2D eigenvalue weighted by Crippen LogP contribution is 2.36. The number of carbonyl (C=O) groups is 2. The first-order valence-corrected chi connectivity index (χ1v) is 14.9. The molecule has 0 aliphatic carbocycles. The predicted octanol–water partition coefficient (Wildman–Crippen LogP) is 5.92. The highest BCUT2D eigenvalue weighted by atomic mass is 32.2. The summed E-state index contributed by atoms with van der Waals surface area (Å²) < 4.78 is 39.6. The number of hydrogen-bond donors (Lipinski definition) is 1. The molecule has 42 heavy (non-hydrogen) atoms. The molecular formula is C33H31FN2O5S. The number of anilines is 1. The Morgan fingerprint density at radius 1 is 0.881 bits per heavy atom. The lowest BCUT2D eigenvalue weighted by atomic mass is 10.1. The number of rotatable bonds is 10. The highest BCUT2D eigenvalue weighted by Gasteiger charge is 2.32. The molecule has 4 aromatic carbocycles. The smallest absolute Gasteiger partial charge is 0.259 e. The number of carbonyl (C=O) groups excluding carboxylic acids is 2. The topological polar surface area (TPSA) is 84.9 Å². The largest absolute Gasteiger partial charge is 0.490 e. The van der Waals surface area contributed by atoms with Crippen molar-refractivity contribution in [2.45, 2.75) is 36.6 Å². The Bertz CT molecular complexity index is 1660. The normalized spacial score (nSPS) is 14.0. The van der Waals surface area contributed by atoms with Crippen molar-refractivity contribution in [2.75, 3.05) is 24.7 Å². The fourth-order valence-corrected chi connectivity index (χ4v) is 6.18. The van der Waals surface area contributed by atoms with Crippen LogP contribution in [0.5, 0.6) is 11.5 Å². The van der Waals surface area contributed by atoms with Gasteiger partial charge in [0, 0.05) is 17.7 Å². The second kappa shape index (κ2) is 13.0. The van der Waals surface area contributed by atoms with Gasteiger partial charge in [0.05, 0.1) is 51.6 Å². The van der Waals surface area contributed by atoms with Crippen LogP contribution in [-0.2, 0) is 23.8 Å². The molecule has 0 saturated heterocycles. The zero-order valence-electron chi connectivity index (χ0n) is 23.4. The van der Waals surface area contributed by atoms with Crippen LogP contribution in [0.3, 0.4) is 0 Å². The molecule has 0 fully saturated rings. The van der Waals surface area contributed by atoms with E-state index in [1.807, 2.05) is 32.0 Å². The second-order valence-corrected chi connectivity index (χ2v) is 11.0. The van der Waals surface area contributed by atoms with Crippen molar-refractivity contribution >= 4 is 28.3 Å². The lowest BCUT2D eigenvalue weighted by Gasteiger charge is -2.24. The standard InChI is InChI=1S/C33H31FN2O5S/c1-3-40-28-15-13-22(19-29(28)41-4-2)17-18-35-32(37)23-14-16-31-27(20-23)36(21-24-9-5-7-11-26(24)34)33(38)25-10-6-8-12-30(25)42(31)39/h5-16,19-20H,3-4,17-18,21H2,1-2H3,(H,35,37)/t42-/m0/s1. The summed E-state index contributed by atoms with van der Waals surface area (Å²) in [5.41, 5.74) is 2.15. The molecule has 0 aromatic heterocycles. The number of amides is 2. The molecule has 1 atom stereocenters. The monoisotopic (exact) mass is 586 g/mol. The molecule has 0 spiro atoms. The third-order valence-corrected chi connectivity index (χ3v) is 8.37. The molecule has 4 aromatic rings. The predicted molar refractivity (Wildman–Crippen MR) is 159 cm³/mol. The Balaban J connectivity index is 1.40. The van der Waals surface area contributed by atoms with Gasteiger partial charge in [-0.3, -0.25) is 9.59 Å². The van der Waals surface area contributed by atoms with Crippen LogP contribution in [-0.4, -0.2) is 35.8 Å². The molecule has 0 radical (unpaired) electrons. The molecule has 9 heteroatoms. The van der Waals surface area contributed by atoms with Gasteiger partial charge in [0.25, 0.3) is 11.8 Å². The first-order valence-electron chi connectivity index (χ1n) is 13.8. The molecule has 2 amide bonds. The van der Waals surface area contributed by atoms with Gasteiger partial charge in [0.15, 0.2) is 11.5 Å². The highest BCUT2D eigenvalue weighted by molar-refractivity contribution is 7.85. The summed E-state index contributed by atoms with van der Waals surface area (Å²) in [6, 6.07) is 23.3. The summed E-state index contributed by atoms with van der Waals surface area (Å²) in [6.45, 7) is 5.11. The number of fused-ring (bicyclic) bond motifs is 2. The number of benzene rings is 4. The molecule has 7 nitrogen and oxygen atoms in total. The van der Waals surface area contributed by atoms with Gasteiger partial charge in [0.2, 0.25) is 0 Å². The van der Waals surface area contributed by atoms with Gasteiger partial charge < -0.3 is 19.7 Å². The Morgan fingerprint density at radius 3 is 2.40 bits per heavy atom. The minimum absolute atomic E-state index is 0.0883. The van der Waals surface area contributed by atoms with E-state index in [1.54, 1.807) is 60.7 Å². The van der Waals surface area contributed by atoms with Crippen molar-refractivity contribution in [1.29, 1.82) is 0 Å². The lowest BCUT2D eigenvalue weighted by Crippen LogP contribution is -2.31. The first-order chi connectivity index (χ1) is 20.4. The Kier molecular flexibility index (Phi) is 8.97. The van der Waals surface area contributed by atoms with Crippen LogP contribution in [0.4, 0.5) is 10.1 Å². The number of hydrogen-bond acceptors (Lipinski definition) is 5. The van der Waals surface area contributed by atoms with E-state index in [4.69, 9.17) is 9.47 Å². The van der Waals surface area contributed by atoms with Gasteiger partial charge in [-0.15, -0.1) is 0 Å². The number of halogens is 1. The fourth-order valence-electron chi connectivity index (χ4n) is 4.83. The van der Waals surface area contributed by atoms with Gasteiger partial charge >= 0.3 is 0 Å². The molecule has 0 saturated carbocycles. The van der Waals surface area contributed by atoms with E-state index >= 15 is 0 Å².